The third kappa shape index (κ3) is 4.43. The Labute approximate surface area is 332 Å². The fraction of sp³-hybridized carbons (Fsp3) is 0. The van der Waals surface area contributed by atoms with Crippen LogP contribution >= 0.6 is 0 Å². The Bertz CT molecular complexity index is 3800. The molecule has 0 atom stereocenters. The minimum Gasteiger partial charge on any atom is -0.456 e. The molecule has 0 unspecified atom stereocenters. The maximum absolute atomic E-state index is 6.69. The molecule has 0 saturated heterocycles. The van der Waals surface area contributed by atoms with E-state index in [-0.39, 0.29) is 0 Å². The smallest absolute Gasteiger partial charge is 0.136 e. The van der Waals surface area contributed by atoms with Crippen molar-refractivity contribution in [1.29, 1.82) is 0 Å². The van der Waals surface area contributed by atoms with Gasteiger partial charge in [-0.1, -0.05) is 158 Å². The molecule has 0 spiro atoms. The van der Waals surface area contributed by atoms with Crippen LogP contribution in [0.5, 0.6) is 0 Å². The molecule has 0 fully saturated rings. The van der Waals surface area contributed by atoms with Gasteiger partial charge < -0.3 is 8.83 Å². The van der Waals surface area contributed by atoms with Crippen molar-refractivity contribution in [1.82, 2.24) is 0 Å². The summed E-state index contributed by atoms with van der Waals surface area (Å²) in [7, 11) is 0. The lowest BCUT2D eigenvalue weighted by Gasteiger charge is -2.19. The third-order valence-corrected chi connectivity index (χ3v) is 12.4. The van der Waals surface area contributed by atoms with E-state index in [0.717, 1.165) is 55.0 Å². The molecular weight excluding hydrogens is 705 g/mol. The molecular formula is C56H32O2. The fourth-order valence-corrected chi connectivity index (χ4v) is 9.92. The Morgan fingerprint density at radius 1 is 0.241 bits per heavy atom. The zero-order valence-electron chi connectivity index (χ0n) is 31.3. The van der Waals surface area contributed by atoms with Crippen LogP contribution in [0.4, 0.5) is 0 Å². The van der Waals surface area contributed by atoms with Gasteiger partial charge in [0, 0.05) is 21.5 Å². The summed E-state index contributed by atoms with van der Waals surface area (Å²) in [6.07, 6.45) is 0. The van der Waals surface area contributed by atoms with E-state index in [9.17, 15) is 0 Å². The second-order valence-corrected chi connectivity index (χ2v) is 15.5. The number of fused-ring (bicyclic) bond motifs is 13. The molecule has 2 aromatic heterocycles. The van der Waals surface area contributed by atoms with E-state index >= 15 is 0 Å². The van der Waals surface area contributed by atoms with E-state index in [0.29, 0.717) is 0 Å². The molecule has 0 aliphatic heterocycles. The predicted molar refractivity (Wildman–Crippen MR) is 245 cm³/mol. The van der Waals surface area contributed by atoms with Gasteiger partial charge in [0.05, 0.1) is 0 Å². The number of hydrogen-bond donors (Lipinski definition) is 0. The molecule has 13 rings (SSSR count). The molecule has 2 nitrogen and oxygen atoms in total. The zero-order chi connectivity index (χ0) is 37.9. The molecule has 0 aliphatic carbocycles. The Kier molecular flexibility index (Phi) is 6.47. The lowest BCUT2D eigenvalue weighted by molar-refractivity contribution is 0.663. The number of benzene rings is 11. The largest absolute Gasteiger partial charge is 0.456 e. The lowest BCUT2D eigenvalue weighted by Crippen LogP contribution is -1.91. The molecule has 13 aromatic rings. The van der Waals surface area contributed by atoms with E-state index in [4.69, 9.17) is 8.83 Å². The Balaban J connectivity index is 0.996. The summed E-state index contributed by atoms with van der Waals surface area (Å²) in [5, 5.41) is 16.8. The van der Waals surface area contributed by atoms with E-state index in [2.05, 4.69) is 170 Å². The lowest BCUT2D eigenvalue weighted by atomic mass is 9.84. The maximum atomic E-state index is 6.69. The molecule has 0 saturated carbocycles. The highest BCUT2D eigenvalue weighted by molar-refractivity contribution is 6.32. The summed E-state index contributed by atoms with van der Waals surface area (Å²) in [5.74, 6) is 0. The van der Waals surface area contributed by atoms with Gasteiger partial charge in [0.25, 0.3) is 0 Å². The molecule has 11 aromatic carbocycles. The summed E-state index contributed by atoms with van der Waals surface area (Å²) >= 11 is 0. The van der Waals surface area contributed by atoms with Crippen molar-refractivity contribution in [3.8, 4) is 33.4 Å². The van der Waals surface area contributed by atoms with E-state index in [1.165, 1.54) is 76.1 Å². The number of furan rings is 2. The van der Waals surface area contributed by atoms with Crippen LogP contribution in [-0.2, 0) is 0 Å². The van der Waals surface area contributed by atoms with Gasteiger partial charge in [0.1, 0.15) is 22.3 Å². The average molecular weight is 737 g/mol. The van der Waals surface area contributed by atoms with Crippen LogP contribution in [0.1, 0.15) is 0 Å². The zero-order valence-corrected chi connectivity index (χ0v) is 31.3. The SMILES string of the molecule is c1ccc2c(-c3c4ccccc4c(-c4ccc5cc(-c6cc7oc8ccc9oc%10ccccc%10c9c8c7c7ccccc67)ccc5c4)c4ccccc34)cccc2c1. The second-order valence-electron chi connectivity index (χ2n) is 15.5. The fourth-order valence-electron chi connectivity index (χ4n) is 9.92. The van der Waals surface area contributed by atoms with Crippen LogP contribution in [0.15, 0.2) is 203 Å². The average Bonchev–Trinajstić information content (AvgIpc) is 3.86. The van der Waals surface area contributed by atoms with Crippen molar-refractivity contribution in [3.63, 3.8) is 0 Å². The minimum absolute atomic E-state index is 0.868. The van der Waals surface area contributed by atoms with Crippen molar-refractivity contribution in [3.05, 3.63) is 194 Å². The van der Waals surface area contributed by atoms with E-state index in [1.807, 2.05) is 24.3 Å². The van der Waals surface area contributed by atoms with Crippen LogP contribution in [0, 0.1) is 0 Å². The van der Waals surface area contributed by atoms with Crippen molar-refractivity contribution < 1.29 is 8.83 Å². The first kappa shape index (κ1) is 31.5. The van der Waals surface area contributed by atoms with Crippen LogP contribution < -0.4 is 0 Å². The highest BCUT2D eigenvalue weighted by Crippen LogP contribution is 2.47. The highest BCUT2D eigenvalue weighted by atomic mass is 16.3. The van der Waals surface area contributed by atoms with Gasteiger partial charge >= 0.3 is 0 Å². The van der Waals surface area contributed by atoms with Crippen LogP contribution in [0.2, 0.25) is 0 Å². The molecule has 2 heterocycles. The van der Waals surface area contributed by atoms with Crippen LogP contribution in [0.25, 0.3) is 131 Å². The first-order valence-corrected chi connectivity index (χ1v) is 19.9. The van der Waals surface area contributed by atoms with Gasteiger partial charge in [-0.3, -0.25) is 0 Å². The van der Waals surface area contributed by atoms with Crippen LogP contribution in [0.3, 0.4) is 0 Å². The summed E-state index contributed by atoms with van der Waals surface area (Å²) in [5.41, 5.74) is 10.9. The van der Waals surface area contributed by atoms with Gasteiger partial charge in [-0.2, -0.15) is 0 Å². The quantitative estimate of drug-likeness (QED) is 0.169. The topological polar surface area (TPSA) is 26.3 Å². The molecule has 0 aliphatic rings. The maximum Gasteiger partial charge on any atom is 0.136 e. The van der Waals surface area contributed by atoms with Gasteiger partial charge in [-0.15, -0.1) is 0 Å². The summed E-state index contributed by atoms with van der Waals surface area (Å²) in [6, 6.07) is 70.4. The molecule has 0 amide bonds. The van der Waals surface area contributed by atoms with Crippen molar-refractivity contribution in [2.24, 2.45) is 0 Å². The summed E-state index contributed by atoms with van der Waals surface area (Å²) in [6.45, 7) is 0. The van der Waals surface area contributed by atoms with E-state index in [1.54, 1.807) is 0 Å². The summed E-state index contributed by atoms with van der Waals surface area (Å²) < 4.78 is 13.0. The molecule has 268 valence electrons. The molecule has 0 radical (unpaired) electrons. The molecule has 2 heteroatoms. The second kappa shape index (κ2) is 11.9. The minimum atomic E-state index is 0.868. The summed E-state index contributed by atoms with van der Waals surface area (Å²) in [4.78, 5) is 0. The first-order chi connectivity index (χ1) is 28.8. The Morgan fingerprint density at radius 2 is 0.759 bits per heavy atom. The van der Waals surface area contributed by atoms with E-state index < -0.39 is 0 Å². The number of para-hydroxylation sites is 1. The van der Waals surface area contributed by atoms with Gasteiger partial charge in [-0.25, -0.2) is 0 Å². The molecule has 0 bridgehead atoms. The monoisotopic (exact) mass is 736 g/mol. The Morgan fingerprint density at radius 3 is 1.50 bits per heavy atom. The molecule has 0 N–H and O–H groups in total. The van der Waals surface area contributed by atoms with Gasteiger partial charge in [0.15, 0.2) is 0 Å². The first-order valence-electron chi connectivity index (χ1n) is 19.9. The Hall–Kier alpha value is -7.68. The normalized spacial score (nSPS) is 12.1. The predicted octanol–water partition coefficient (Wildman–Crippen LogP) is 16.3. The van der Waals surface area contributed by atoms with Crippen molar-refractivity contribution in [2.45, 2.75) is 0 Å². The standard InChI is InChI=1S/C56H32O2/c1-2-14-38-33(12-1)13-11-22-40(38)53-44-19-7-5-17-42(44)52(43-18-6-8-20-45(43)53)37-27-25-34-30-36(26-24-35(34)31-37)47-32-51-54(41-16-4-3-15-39(41)47)56-50(58-51)29-28-49-55(56)46-21-9-10-23-48(46)57-49/h1-32H. The van der Waals surface area contributed by atoms with Crippen LogP contribution in [-0.4, -0.2) is 0 Å². The number of rotatable bonds is 3. The van der Waals surface area contributed by atoms with Gasteiger partial charge in [-0.05, 0) is 124 Å². The van der Waals surface area contributed by atoms with Crippen molar-refractivity contribution >= 4 is 97.7 Å². The van der Waals surface area contributed by atoms with Crippen molar-refractivity contribution in [2.75, 3.05) is 0 Å². The number of hydrogen-bond acceptors (Lipinski definition) is 2. The molecule has 58 heavy (non-hydrogen) atoms. The third-order valence-electron chi connectivity index (χ3n) is 12.4. The van der Waals surface area contributed by atoms with Gasteiger partial charge in [0.2, 0.25) is 0 Å². The highest BCUT2D eigenvalue weighted by Gasteiger charge is 2.21.